The molecule has 19 heavy (non-hydrogen) atoms. The molecule has 2 aromatic rings. The van der Waals surface area contributed by atoms with E-state index in [1.54, 1.807) is 29.5 Å². The molecule has 0 radical (unpaired) electrons. The Bertz CT molecular complexity index is 555. The summed E-state index contributed by atoms with van der Waals surface area (Å²) in [5.74, 6) is -0.00468. The van der Waals surface area contributed by atoms with Crippen LogP contribution in [0, 0.1) is 0 Å². The second-order valence-electron chi connectivity index (χ2n) is 4.11. The van der Waals surface area contributed by atoms with Crippen LogP contribution in [0.15, 0.2) is 35.7 Å². The minimum atomic E-state index is -0.00468. The molecule has 0 unspecified atom stereocenters. The Morgan fingerprint density at radius 2 is 2.05 bits per heavy atom. The van der Waals surface area contributed by atoms with E-state index in [2.05, 4.69) is 11.4 Å². The van der Waals surface area contributed by atoms with Crippen molar-refractivity contribution in [2.45, 2.75) is 19.3 Å². The molecule has 0 aliphatic rings. The van der Waals surface area contributed by atoms with Gasteiger partial charge in [0.15, 0.2) is 0 Å². The molecule has 1 heterocycles. The monoisotopic (exact) mass is 313 g/mol. The van der Waals surface area contributed by atoms with E-state index < -0.39 is 0 Å². The maximum absolute atomic E-state index is 11.8. The third-order valence-corrected chi connectivity index (χ3v) is 4.29. The van der Waals surface area contributed by atoms with Crippen molar-refractivity contribution in [1.29, 1.82) is 0 Å². The summed E-state index contributed by atoms with van der Waals surface area (Å²) in [5, 5.41) is 5.78. The van der Waals surface area contributed by atoms with E-state index in [0.717, 1.165) is 12.8 Å². The molecule has 0 saturated carbocycles. The van der Waals surface area contributed by atoms with Crippen LogP contribution in [0.1, 0.15) is 17.7 Å². The van der Waals surface area contributed by atoms with Gasteiger partial charge in [-0.3, -0.25) is 4.79 Å². The summed E-state index contributed by atoms with van der Waals surface area (Å²) in [6.07, 6.45) is 2.28. The van der Waals surface area contributed by atoms with Crippen LogP contribution in [-0.4, -0.2) is 5.91 Å². The Balaban J connectivity index is 1.79. The van der Waals surface area contributed by atoms with E-state index >= 15 is 0 Å². The number of amides is 1. The maximum Gasteiger partial charge on any atom is 0.224 e. The second-order valence-corrected chi connectivity index (χ2v) is 5.96. The molecule has 2 rings (SSSR count). The molecule has 1 amide bonds. The van der Waals surface area contributed by atoms with Crippen LogP contribution in [0.2, 0.25) is 10.0 Å². The van der Waals surface area contributed by atoms with Gasteiger partial charge in [-0.2, -0.15) is 0 Å². The molecule has 0 aliphatic carbocycles. The summed E-state index contributed by atoms with van der Waals surface area (Å²) in [6.45, 7) is 0. The Hall–Kier alpha value is -1.03. The van der Waals surface area contributed by atoms with E-state index in [-0.39, 0.29) is 5.91 Å². The van der Waals surface area contributed by atoms with Gasteiger partial charge in [0.1, 0.15) is 0 Å². The number of anilines is 1. The van der Waals surface area contributed by atoms with Crippen LogP contribution >= 0.6 is 34.5 Å². The van der Waals surface area contributed by atoms with Gasteiger partial charge in [0.25, 0.3) is 0 Å². The van der Waals surface area contributed by atoms with Crippen molar-refractivity contribution in [3.05, 3.63) is 50.6 Å². The largest absolute Gasteiger partial charge is 0.326 e. The normalized spacial score (nSPS) is 10.4. The van der Waals surface area contributed by atoms with Crippen LogP contribution in [-0.2, 0) is 11.2 Å². The Labute approximate surface area is 126 Å². The molecule has 2 nitrogen and oxygen atoms in total. The van der Waals surface area contributed by atoms with E-state index in [4.69, 9.17) is 23.2 Å². The van der Waals surface area contributed by atoms with Gasteiger partial charge in [-0.1, -0.05) is 29.3 Å². The van der Waals surface area contributed by atoms with Crippen molar-refractivity contribution in [3.8, 4) is 0 Å². The van der Waals surface area contributed by atoms with Gasteiger partial charge in [0, 0.05) is 17.0 Å². The minimum absolute atomic E-state index is 0.00468. The van der Waals surface area contributed by atoms with Gasteiger partial charge >= 0.3 is 0 Å². The van der Waals surface area contributed by atoms with E-state index in [9.17, 15) is 4.79 Å². The predicted octanol–water partition coefficient (Wildman–Crippen LogP) is 5.02. The van der Waals surface area contributed by atoms with Gasteiger partial charge in [-0.05, 0) is 42.5 Å². The lowest BCUT2D eigenvalue weighted by atomic mass is 10.2. The highest BCUT2D eigenvalue weighted by atomic mass is 35.5. The fourth-order valence-corrected chi connectivity index (χ4v) is 2.72. The topological polar surface area (TPSA) is 29.1 Å². The minimum Gasteiger partial charge on any atom is -0.326 e. The molecule has 1 aromatic carbocycles. The van der Waals surface area contributed by atoms with Crippen LogP contribution in [0.25, 0.3) is 0 Å². The highest BCUT2D eigenvalue weighted by molar-refractivity contribution is 7.09. The number of carbonyl (C=O) groups excluding carboxylic acids is 1. The third-order valence-electron chi connectivity index (χ3n) is 2.61. The second kappa shape index (κ2) is 6.94. The molecule has 0 aliphatic heterocycles. The molecular formula is C14H13Cl2NOS. The standard InChI is InChI=1S/C14H13Cl2NOS/c15-12-7-6-10(9-13(12)16)17-14(18)5-1-3-11-4-2-8-19-11/h2,4,6-9H,1,3,5H2,(H,17,18). The number of aryl methyl sites for hydroxylation is 1. The number of rotatable bonds is 5. The quantitative estimate of drug-likeness (QED) is 0.825. The molecule has 0 atom stereocenters. The van der Waals surface area contributed by atoms with Crippen LogP contribution in [0.3, 0.4) is 0 Å². The van der Waals surface area contributed by atoms with Gasteiger partial charge in [-0.25, -0.2) is 0 Å². The summed E-state index contributed by atoms with van der Waals surface area (Å²) in [5.41, 5.74) is 0.676. The van der Waals surface area contributed by atoms with Crippen molar-refractivity contribution < 1.29 is 4.79 Å². The molecule has 100 valence electrons. The Kier molecular flexibility index (Phi) is 5.25. The molecule has 0 saturated heterocycles. The summed E-state index contributed by atoms with van der Waals surface area (Å²) in [6, 6.07) is 9.18. The van der Waals surface area contributed by atoms with Gasteiger partial charge in [-0.15, -0.1) is 11.3 Å². The van der Waals surface area contributed by atoms with Crippen molar-refractivity contribution in [2.24, 2.45) is 0 Å². The average molecular weight is 314 g/mol. The molecule has 1 aromatic heterocycles. The van der Waals surface area contributed by atoms with Crippen LogP contribution in [0.4, 0.5) is 5.69 Å². The maximum atomic E-state index is 11.8. The first-order valence-electron chi connectivity index (χ1n) is 5.92. The number of carbonyl (C=O) groups is 1. The Morgan fingerprint density at radius 3 is 2.74 bits per heavy atom. The lowest BCUT2D eigenvalue weighted by Crippen LogP contribution is -2.11. The van der Waals surface area contributed by atoms with Crippen molar-refractivity contribution in [2.75, 3.05) is 5.32 Å². The van der Waals surface area contributed by atoms with Crippen LogP contribution in [0.5, 0.6) is 0 Å². The van der Waals surface area contributed by atoms with Crippen molar-refractivity contribution in [3.63, 3.8) is 0 Å². The van der Waals surface area contributed by atoms with Crippen molar-refractivity contribution >= 4 is 46.1 Å². The lowest BCUT2D eigenvalue weighted by molar-refractivity contribution is -0.116. The van der Waals surface area contributed by atoms with Gasteiger partial charge in [0.2, 0.25) is 5.91 Å². The summed E-state index contributed by atoms with van der Waals surface area (Å²) < 4.78 is 0. The van der Waals surface area contributed by atoms with E-state index in [1.807, 2.05) is 11.4 Å². The molecule has 0 fully saturated rings. The molecule has 1 N–H and O–H groups in total. The summed E-state index contributed by atoms with van der Waals surface area (Å²) in [4.78, 5) is 13.1. The van der Waals surface area contributed by atoms with Gasteiger partial charge < -0.3 is 5.32 Å². The third kappa shape index (κ3) is 4.53. The zero-order chi connectivity index (χ0) is 13.7. The number of benzene rings is 1. The highest BCUT2D eigenvalue weighted by Gasteiger charge is 2.05. The predicted molar refractivity (Wildman–Crippen MR) is 82.3 cm³/mol. The van der Waals surface area contributed by atoms with Crippen molar-refractivity contribution in [1.82, 2.24) is 0 Å². The summed E-state index contributed by atoms with van der Waals surface area (Å²) in [7, 11) is 0. The van der Waals surface area contributed by atoms with Gasteiger partial charge in [0.05, 0.1) is 10.0 Å². The zero-order valence-electron chi connectivity index (χ0n) is 10.2. The first-order valence-corrected chi connectivity index (χ1v) is 7.56. The Morgan fingerprint density at radius 1 is 1.21 bits per heavy atom. The molecular weight excluding hydrogens is 301 g/mol. The number of hydrogen-bond donors (Lipinski definition) is 1. The highest BCUT2D eigenvalue weighted by Crippen LogP contribution is 2.25. The van der Waals surface area contributed by atoms with Crippen LogP contribution < -0.4 is 5.32 Å². The molecule has 0 bridgehead atoms. The van der Waals surface area contributed by atoms with E-state index in [1.165, 1.54) is 4.88 Å². The van der Waals surface area contributed by atoms with E-state index in [0.29, 0.717) is 22.2 Å². The SMILES string of the molecule is O=C(CCCc1cccs1)Nc1ccc(Cl)c(Cl)c1. The number of thiophene rings is 1. The smallest absolute Gasteiger partial charge is 0.224 e. The molecule has 0 spiro atoms. The first kappa shape index (κ1) is 14.4. The first-order chi connectivity index (χ1) is 9.15. The average Bonchev–Trinajstić information content (AvgIpc) is 2.87. The fraction of sp³-hybridized carbons (Fsp3) is 0.214. The molecule has 5 heteroatoms. The zero-order valence-corrected chi connectivity index (χ0v) is 12.5. The number of halogens is 2. The fourth-order valence-electron chi connectivity index (χ4n) is 1.68. The number of nitrogens with one attached hydrogen (secondary N) is 1. The summed E-state index contributed by atoms with van der Waals surface area (Å²) >= 11 is 13.4. The number of hydrogen-bond acceptors (Lipinski definition) is 2. The lowest BCUT2D eigenvalue weighted by Gasteiger charge is -2.06.